The van der Waals surface area contributed by atoms with Crippen LogP contribution in [0.4, 0.5) is 10.1 Å². The van der Waals surface area contributed by atoms with Crippen LogP contribution < -0.4 is 5.32 Å². The van der Waals surface area contributed by atoms with Crippen LogP contribution in [0.3, 0.4) is 0 Å². The van der Waals surface area contributed by atoms with Gasteiger partial charge in [0.1, 0.15) is 17.6 Å². The van der Waals surface area contributed by atoms with Gasteiger partial charge in [-0.25, -0.2) is 4.39 Å². The van der Waals surface area contributed by atoms with Crippen molar-refractivity contribution in [3.05, 3.63) is 71.7 Å². The first kappa shape index (κ1) is 14.5. The molecule has 0 saturated carbocycles. The molecule has 1 aromatic heterocycles. The molecule has 112 valence electrons. The van der Waals surface area contributed by atoms with E-state index >= 15 is 0 Å². The predicted octanol–water partition coefficient (Wildman–Crippen LogP) is 3.34. The molecule has 0 spiro atoms. The molecule has 0 radical (unpaired) electrons. The van der Waals surface area contributed by atoms with Gasteiger partial charge in [0.15, 0.2) is 0 Å². The second-order valence-electron chi connectivity index (χ2n) is 4.79. The number of hydrogen-bond donors (Lipinski definition) is 2. The topological polar surface area (TPSA) is 81.6 Å². The van der Waals surface area contributed by atoms with Crippen LogP contribution >= 0.6 is 0 Å². The molecule has 2 aromatic carbocycles. The molecule has 3 rings (SSSR count). The quantitative estimate of drug-likeness (QED) is 0.778. The van der Waals surface area contributed by atoms with Crippen molar-refractivity contribution in [3.63, 3.8) is 0 Å². The minimum Gasteiger partial charge on any atom is -0.319 e. The lowest BCUT2D eigenvalue weighted by Crippen LogP contribution is -2.13. The van der Waals surface area contributed by atoms with Gasteiger partial charge in [-0.3, -0.25) is 9.89 Å². The lowest BCUT2D eigenvalue weighted by molar-refractivity contribution is 0.102. The van der Waals surface area contributed by atoms with E-state index in [0.29, 0.717) is 22.5 Å². The van der Waals surface area contributed by atoms with Crippen LogP contribution in [0.1, 0.15) is 16.1 Å². The minimum atomic E-state index is -0.409. The molecule has 3 aromatic rings. The number of anilines is 1. The highest BCUT2D eigenvalue weighted by Crippen LogP contribution is 2.19. The van der Waals surface area contributed by atoms with Gasteiger partial charge < -0.3 is 5.32 Å². The van der Waals surface area contributed by atoms with Gasteiger partial charge in [-0.2, -0.15) is 10.4 Å². The lowest BCUT2D eigenvalue weighted by atomic mass is 10.1. The van der Waals surface area contributed by atoms with E-state index in [0.717, 1.165) is 0 Å². The number of aromatic nitrogens is 2. The Balaban J connectivity index is 1.81. The number of H-pyrrole nitrogens is 1. The fraction of sp³-hybridized carbons (Fsp3) is 0. The van der Waals surface area contributed by atoms with Crippen LogP contribution in [0.2, 0.25) is 0 Å². The number of para-hydroxylation sites is 1. The van der Waals surface area contributed by atoms with E-state index in [9.17, 15) is 9.18 Å². The lowest BCUT2D eigenvalue weighted by Gasteiger charge is -2.04. The Kier molecular flexibility index (Phi) is 3.85. The Hall–Kier alpha value is -3.46. The molecule has 1 heterocycles. The first-order valence-electron chi connectivity index (χ1n) is 6.79. The summed E-state index contributed by atoms with van der Waals surface area (Å²) in [7, 11) is 0. The number of carbonyl (C=O) groups is 1. The van der Waals surface area contributed by atoms with Crippen LogP contribution in [0.25, 0.3) is 11.3 Å². The molecule has 0 saturated heterocycles. The van der Waals surface area contributed by atoms with Gasteiger partial charge >= 0.3 is 0 Å². The number of nitriles is 1. The Labute approximate surface area is 131 Å². The summed E-state index contributed by atoms with van der Waals surface area (Å²) >= 11 is 0. The number of rotatable bonds is 3. The summed E-state index contributed by atoms with van der Waals surface area (Å²) in [5, 5.41) is 18.4. The third-order valence-corrected chi connectivity index (χ3v) is 3.26. The van der Waals surface area contributed by atoms with Crippen LogP contribution in [0.5, 0.6) is 0 Å². The number of nitrogens with zero attached hydrogens (tertiary/aromatic N) is 2. The van der Waals surface area contributed by atoms with Gasteiger partial charge in [0.05, 0.1) is 16.9 Å². The van der Waals surface area contributed by atoms with Crippen LogP contribution in [0, 0.1) is 17.1 Å². The van der Waals surface area contributed by atoms with Gasteiger partial charge in [0, 0.05) is 5.56 Å². The van der Waals surface area contributed by atoms with E-state index in [-0.39, 0.29) is 11.5 Å². The van der Waals surface area contributed by atoms with Crippen molar-refractivity contribution in [2.45, 2.75) is 0 Å². The standard InChI is InChI=1S/C17H11FN4O/c18-13-7-5-11(6-8-13)15-9-16(22-21-15)17(23)20-14-4-2-1-3-12(14)10-19/h1-9H,(H,20,23)(H,21,22). The molecular weight excluding hydrogens is 295 g/mol. The van der Waals surface area contributed by atoms with Crippen LogP contribution in [-0.2, 0) is 0 Å². The molecular formula is C17H11FN4O. The molecule has 0 aliphatic heterocycles. The smallest absolute Gasteiger partial charge is 0.273 e. The van der Waals surface area contributed by atoms with Crippen LogP contribution in [-0.4, -0.2) is 16.1 Å². The Morgan fingerprint density at radius 1 is 1.17 bits per heavy atom. The summed E-state index contributed by atoms with van der Waals surface area (Å²) in [4.78, 5) is 12.2. The average Bonchev–Trinajstić information content (AvgIpc) is 3.06. The summed E-state index contributed by atoms with van der Waals surface area (Å²) in [6.07, 6.45) is 0. The van der Waals surface area contributed by atoms with E-state index < -0.39 is 5.91 Å². The van der Waals surface area contributed by atoms with Crippen molar-refractivity contribution in [3.8, 4) is 17.3 Å². The highest BCUT2D eigenvalue weighted by molar-refractivity contribution is 6.04. The number of hydrogen-bond acceptors (Lipinski definition) is 3. The number of aromatic amines is 1. The van der Waals surface area contributed by atoms with Crippen molar-refractivity contribution in [2.75, 3.05) is 5.32 Å². The number of benzene rings is 2. The largest absolute Gasteiger partial charge is 0.319 e. The molecule has 23 heavy (non-hydrogen) atoms. The molecule has 2 N–H and O–H groups in total. The monoisotopic (exact) mass is 306 g/mol. The minimum absolute atomic E-state index is 0.247. The van der Waals surface area contributed by atoms with Crippen molar-refractivity contribution < 1.29 is 9.18 Å². The fourth-order valence-corrected chi connectivity index (χ4v) is 2.09. The van der Waals surface area contributed by atoms with Gasteiger partial charge in [0.25, 0.3) is 5.91 Å². The van der Waals surface area contributed by atoms with E-state index in [4.69, 9.17) is 5.26 Å². The molecule has 0 aliphatic carbocycles. The summed E-state index contributed by atoms with van der Waals surface area (Å²) in [5.74, 6) is -0.746. The first-order chi connectivity index (χ1) is 11.2. The van der Waals surface area contributed by atoms with Gasteiger partial charge in [-0.1, -0.05) is 12.1 Å². The summed E-state index contributed by atoms with van der Waals surface area (Å²) in [6, 6.07) is 16.1. The van der Waals surface area contributed by atoms with Crippen LogP contribution in [0.15, 0.2) is 54.6 Å². The Morgan fingerprint density at radius 3 is 2.65 bits per heavy atom. The van der Waals surface area contributed by atoms with Gasteiger partial charge in [-0.05, 0) is 42.5 Å². The second kappa shape index (κ2) is 6.12. The van der Waals surface area contributed by atoms with Crippen molar-refractivity contribution >= 4 is 11.6 Å². The van der Waals surface area contributed by atoms with E-state index in [1.165, 1.54) is 12.1 Å². The number of nitrogens with one attached hydrogen (secondary N) is 2. The highest BCUT2D eigenvalue weighted by atomic mass is 19.1. The molecule has 0 bridgehead atoms. The average molecular weight is 306 g/mol. The number of carbonyl (C=O) groups excluding carboxylic acids is 1. The Bertz CT molecular complexity index is 893. The van der Waals surface area contributed by atoms with Gasteiger partial charge in [-0.15, -0.1) is 0 Å². The SMILES string of the molecule is N#Cc1ccccc1NC(=O)c1cc(-c2ccc(F)cc2)n[nH]1. The van der Waals surface area contributed by atoms with E-state index in [1.54, 1.807) is 42.5 Å². The molecule has 1 amide bonds. The summed E-state index contributed by atoms with van der Waals surface area (Å²) < 4.78 is 12.9. The van der Waals surface area contributed by atoms with E-state index in [1.807, 2.05) is 6.07 Å². The van der Waals surface area contributed by atoms with Crippen molar-refractivity contribution in [1.82, 2.24) is 10.2 Å². The molecule has 0 fully saturated rings. The normalized spacial score (nSPS) is 10.1. The second-order valence-corrected chi connectivity index (χ2v) is 4.79. The molecule has 5 nitrogen and oxygen atoms in total. The molecule has 0 atom stereocenters. The first-order valence-corrected chi connectivity index (χ1v) is 6.79. The molecule has 6 heteroatoms. The van der Waals surface area contributed by atoms with Crippen molar-refractivity contribution in [1.29, 1.82) is 5.26 Å². The molecule has 0 unspecified atom stereocenters. The van der Waals surface area contributed by atoms with E-state index in [2.05, 4.69) is 15.5 Å². The zero-order valence-electron chi connectivity index (χ0n) is 11.9. The zero-order chi connectivity index (χ0) is 16.2. The zero-order valence-corrected chi connectivity index (χ0v) is 11.9. The number of amides is 1. The molecule has 0 aliphatic rings. The van der Waals surface area contributed by atoms with Gasteiger partial charge in [0.2, 0.25) is 0 Å². The Morgan fingerprint density at radius 2 is 1.91 bits per heavy atom. The maximum atomic E-state index is 12.9. The third kappa shape index (κ3) is 3.09. The predicted molar refractivity (Wildman–Crippen MR) is 83.1 cm³/mol. The highest BCUT2D eigenvalue weighted by Gasteiger charge is 2.13. The van der Waals surface area contributed by atoms with Crippen molar-refractivity contribution in [2.24, 2.45) is 0 Å². The third-order valence-electron chi connectivity index (χ3n) is 3.26. The fourth-order valence-electron chi connectivity index (χ4n) is 2.09. The summed E-state index contributed by atoms with van der Waals surface area (Å²) in [5.41, 5.74) is 2.27. The maximum Gasteiger partial charge on any atom is 0.273 e. The number of halogens is 1. The maximum absolute atomic E-state index is 12.9. The summed E-state index contributed by atoms with van der Waals surface area (Å²) in [6.45, 7) is 0.